The molecule has 0 radical (unpaired) electrons. The van der Waals surface area contributed by atoms with Gasteiger partial charge in [-0.25, -0.2) is 0 Å². The third kappa shape index (κ3) is 6.53. The number of aliphatic hydroxyl groups excluding tert-OH is 1. The van der Waals surface area contributed by atoms with Crippen molar-refractivity contribution in [3.63, 3.8) is 0 Å². The van der Waals surface area contributed by atoms with E-state index in [1.54, 1.807) is 25.5 Å². The predicted molar refractivity (Wildman–Crippen MR) is 126 cm³/mol. The summed E-state index contributed by atoms with van der Waals surface area (Å²) >= 11 is 0. The van der Waals surface area contributed by atoms with Gasteiger partial charge >= 0.3 is 0 Å². The molecule has 1 aromatic heterocycles. The number of benzene rings is 1. The fourth-order valence-electron chi connectivity index (χ4n) is 3.47. The minimum atomic E-state index is -0.748. The maximum atomic E-state index is 10.2. The van der Waals surface area contributed by atoms with E-state index in [1.165, 1.54) is 0 Å². The zero-order valence-electron chi connectivity index (χ0n) is 17.0. The van der Waals surface area contributed by atoms with Gasteiger partial charge in [0.15, 0.2) is 5.96 Å². The Morgan fingerprint density at radius 1 is 1.34 bits per heavy atom. The molecule has 1 aromatic carbocycles. The van der Waals surface area contributed by atoms with Gasteiger partial charge in [-0.3, -0.25) is 4.99 Å². The van der Waals surface area contributed by atoms with Crippen LogP contribution in [0.5, 0.6) is 5.75 Å². The lowest BCUT2D eigenvalue weighted by Gasteiger charge is -2.36. The number of guanidine groups is 1. The molecule has 1 fully saturated rings. The van der Waals surface area contributed by atoms with E-state index < -0.39 is 6.10 Å². The van der Waals surface area contributed by atoms with Crippen molar-refractivity contribution in [3.05, 3.63) is 48.4 Å². The van der Waals surface area contributed by atoms with Crippen LogP contribution in [0.2, 0.25) is 0 Å². The van der Waals surface area contributed by atoms with E-state index in [0.717, 1.165) is 43.9 Å². The predicted octanol–water partition coefficient (Wildman–Crippen LogP) is 3.16. The van der Waals surface area contributed by atoms with Gasteiger partial charge in [-0.05, 0) is 44.0 Å². The molecule has 3 rings (SSSR count). The standard InChI is InChI=1S/C21H30N4O3.HI/c1-3-22-21(23-14-18(26)20-11-7-13-28-20)24-16-8-6-12-25(15-16)17-9-4-5-10-19(17)27-2;/h4-5,7,9-11,13,16,18,26H,3,6,8,12,14-15H2,1-2H3,(H2,22,23,24);1H. The smallest absolute Gasteiger partial charge is 0.191 e. The molecule has 8 heteroatoms. The third-order valence-corrected chi connectivity index (χ3v) is 4.83. The Hall–Kier alpha value is -1.94. The first-order valence-corrected chi connectivity index (χ1v) is 9.85. The SMILES string of the molecule is CCNC(=NCC(O)c1ccco1)NC1CCCN(c2ccccc2OC)C1.I. The monoisotopic (exact) mass is 514 g/mol. The number of aliphatic hydroxyl groups is 1. The fraction of sp³-hybridized carbons (Fsp3) is 0.476. The topological polar surface area (TPSA) is 82.3 Å². The number of furan rings is 1. The lowest BCUT2D eigenvalue weighted by atomic mass is 10.0. The molecule has 1 aliphatic rings. The first-order chi connectivity index (χ1) is 13.7. The molecular formula is C21H31IN4O3. The summed E-state index contributed by atoms with van der Waals surface area (Å²) in [5.74, 6) is 2.13. The molecule has 0 aliphatic carbocycles. The summed E-state index contributed by atoms with van der Waals surface area (Å²) in [4.78, 5) is 6.88. The highest BCUT2D eigenvalue weighted by Gasteiger charge is 2.23. The molecule has 29 heavy (non-hydrogen) atoms. The number of anilines is 1. The Bertz CT molecular complexity index is 754. The Balaban J connectivity index is 0.00000300. The molecule has 0 bridgehead atoms. The van der Waals surface area contributed by atoms with Crippen molar-refractivity contribution in [1.82, 2.24) is 10.6 Å². The van der Waals surface area contributed by atoms with Crippen molar-refractivity contribution in [2.75, 3.05) is 38.2 Å². The maximum Gasteiger partial charge on any atom is 0.191 e. The van der Waals surface area contributed by atoms with E-state index >= 15 is 0 Å². The van der Waals surface area contributed by atoms with Gasteiger partial charge in [0.05, 0.1) is 25.6 Å². The molecule has 1 aliphatic heterocycles. The molecule has 160 valence electrons. The fourth-order valence-corrected chi connectivity index (χ4v) is 3.47. The summed E-state index contributed by atoms with van der Waals surface area (Å²) in [6, 6.07) is 11.9. The van der Waals surface area contributed by atoms with Crippen molar-refractivity contribution in [2.45, 2.75) is 31.9 Å². The number of rotatable bonds is 7. The minimum Gasteiger partial charge on any atom is -0.495 e. The van der Waals surface area contributed by atoms with Gasteiger partial charge in [0.2, 0.25) is 0 Å². The van der Waals surface area contributed by atoms with Crippen LogP contribution in [0.4, 0.5) is 5.69 Å². The van der Waals surface area contributed by atoms with Crippen LogP contribution < -0.4 is 20.3 Å². The van der Waals surface area contributed by atoms with Crippen LogP contribution in [0.15, 0.2) is 52.1 Å². The third-order valence-electron chi connectivity index (χ3n) is 4.83. The van der Waals surface area contributed by atoms with Gasteiger partial charge in [0, 0.05) is 25.7 Å². The van der Waals surface area contributed by atoms with Crippen LogP contribution in [0.3, 0.4) is 0 Å². The molecule has 0 amide bonds. The molecule has 3 N–H and O–H groups in total. The van der Waals surface area contributed by atoms with Crippen molar-refractivity contribution in [3.8, 4) is 5.75 Å². The molecule has 0 saturated carbocycles. The second kappa shape index (κ2) is 11.9. The number of hydrogen-bond acceptors (Lipinski definition) is 5. The number of para-hydroxylation sites is 2. The zero-order valence-corrected chi connectivity index (χ0v) is 19.3. The van der Waals surface area contributed by atoms with Crippen molar-refractivity contribution in [1.29, 1.82) is 0 Å². The maximum absolute atomic E-state index is 10.2. The minimum absolute atomic E-state index is 0. The molecule has 7 nitrogen and oxygen atoms in total. The Kier molecular flexibility index (Phi) is 9.59. The van der Waals surface area contributed by atoms with Crippen molar-refractivity contribution >= 4 is 35.6 Å². The first-order valence-electron chi connectivity index (χ1n) is 9.85. The number of nitrogens with one attached hydrogen (secondary N) is 2. The molecule has 0 spiro atoms. The number of halogens is 1. The van der Waals surface area contributed by atoms with E-state index in [2.05, 4.69) is 26.6 Å². The average molecular weight is 514 g/mol. The van der Waals surface area contributed by atoms with Gasteiger partial charge in [0.25, 0.3) is 0 Å². The summed E-state index contributed by atoms with van der Waals surface area (Å²) in [6.45, 7) is 4.90. The van der Waals surface area contributed by atoms with Gasteiger partial charge < -0.3 is 29.8 Å². The number of nitrogens with zero attached hydrogens (tertiary/aromatic N) is 2. The van der Waals surface area contributed by atoms with E-state index in [4.69, 9.17) is 9.15 Å². The second-order valence-electron chi connectivity index (χ2n) is 6.85. The number of methoxy groups -OCH3 is 1. The van der Waals surface area contributed by atoms with Gasteiger partial charge in [-0.1, -0.05) is 12.1 Å². The lowest BCUT2D eigenvalue weighted by Crippen LogP contribution is -2.51. The molecular weight excluding hydrogens is 483 g/mol. The van der Waals surface area contributed by atoms with Crippen LogP contribution >= 0.6 is 24.0 Å². The average Bonchev–Trinajstić information content (AvgIpc) is 3.27. The Labute approximate surface area is 189 Å². The largest absolute Gasteiger partial charge is 0.495 e. The van der Waals surface area contributed by atoms with Crippen LogP contribution in [-0.2, 0) is 0 Å². The van der Waals surface area contributed by atoms with E-state index in [1.807, 2.05) is 25.1 Å². The summed E-state index contributed by atoms with van der Waals surface area (Å²) in [7, 11) is 1.71. The number of piperidine rings is 1. The molecule has 2 atom stereocenters. The normalized spacial score (nSPS) is 18.0. The van der Waals surface area contributed by atoms with E-state index in [9.17, 15) is 5.11 Å². The summed E-state index contributed by atoms with van der Waals surface area (Å²) < 4.78 is 10.8. The zero-order chi connectivity index (χ0) is 19.8. The molecule has 2 unspecified atom stereocenters. The second-order valence-corrected chi connectivity index (χ2v) is 6.85. The molecule has 2 heterocycles. The number of aliphatic imine (C=N–C) groups is 1. The summed E-state index contributed by atoms with van der Waals surface area (Å²) in [5, 5.41) is 17.0. The summed E-state index contributed by atoms with van der Waals surface area (Å²) in [6.07, 6.45) is 2.96. The number of hydrogen-bond donors (Lipinski definition) is 3. The highest BCUT2D eigenvalue weighted by Crippen LogP contribution is 2.29. The highest BCUT2D eigenvalue weighted by molar-refractivity contribution is 14.0. The quantitative estimate of drug-likeness (QED) is 0.299. The number of ether oxygens (including phenoxy) is 1. The summed E-state index contributed by atoms with van der Waals surface area (Å²) in [5.41, 5.74) is 1.12. The van der Waals surface area contributed by atoms with Crippen LogP contribution in [-0.4, -0.2) is 50.4 Å². The van der Waals surface area contributed by atoms with Gasteiger partial charge in [-0.2, -0.15) is 0 Å². The highest BCUT2D eigenvalue weighted by atomic mass is 127. The van der Waals surface area contributed by atoms with Crippen molar-refractivity contribution < 1.29 is 14.3 Å². The van der Waals surface area contributed by atoms with Crippen LogP contribution in [0.25, 0.3) is 0 Å². The van der Waals surface area contributed by atoms with Crippen LogP contribution in [0, 0.1) is 0 Å². The van der Waals surface area contributed by atoms with E-state index in [0.29, 0.717) is 11.7 Å². The Morgan fingerprint density at radius 2 is 2.17 bits per heavy atom. The first kappa shape index (κ1) is 23.3. The molecule has 2 aromatic rings. The molecule has 1 saturated heterocycles. The lowest BCUT2D eigenvalue weighted by molar-refractivity contribution is 0.158. The van der Waals surface area contributed by atoms with Crippen LogP contribution in [0.1, 0.15) is 31.6 Å². The van der Waals surface area contributed by atoms with E-state index in [-0.39, 0.29) is 36.6 Å². The van der Waals surface area contributed by atoms with Crippen molar-refractivity contribution in [2.24, 2.45) is 4.99 Å². The van der Waals surface area contributed by atoms with Gasteiger partial charge in [-0.15, -0.1) is 24.0 Å². The Morgan fingerprint density at radius 3 is 2.90 bits per heavy atom. The van der Waals surface area contributed by atoms with Gasteiger partial charge in [0.1, 0.15) is 17.6 Å².